The zero-order chi connectivity index (χ0) is 15.4. The van der Waals surface area contributed by atoms with E-state index in [1.807, 2.05) is 13.0 Å². The third-order valence-electron chi connectivity index (χ3n) is 3.19. The standard InChI is InChI=1S/C15H14ClFN2O2/c1-10(11-3-2-4-13(17)7-11)18-9-12-5-6-14(19(20)21)8-15(12)16/h2-8,10,18H,9H2,1H3/t10-/m0/s1. The minimum absolute atomic E-state index is 0.0399. The largest absolute Gasteiger partial charge is 0.306 e. The van der Waals surface area contributed by atoms with Crippen molar-refractivity contribution >= 4 is 17.3 Å². The monoisotopic (exact) mass is 308 g/mol. The maximum absolute atomic E-state index is 13.2. The molecule has 0 fully saturated rings. The Bertz CT molecular complexity index is 664. The van der Waals surface area contributed by atoms with Crippen LogP contribution in [0.3, 0.4) is 0 Å². The number of hydrogen-bond acceptors (Lipinski definition) is 3. The molecule has 6 heteroatoms. The Morgan fingerprint density at radius 3 is 2.71 bits per heavy atom. The normalized spacial score (nSPS) is 12.1. The highest BCUT2D eigenvalue weighted by Crippen LogP contribution is 2.23. The van der Waals surface area contributed by atoms with Gasteiger partial charge in [-0.3, -0.25) is 10.1 Å². The summed E-state index contributed by atoms with van der Waals surface area (Å²) in [4.78, 5) is 10.2. The number of benzene rings is 2. The van der Waals surface area contributed by atoms with Gasteiger partial charge in [-0.2, -0.15) is 0 Å². The van der Waals surface area contributed by atoms with Crippen LogP contribution in [0.1, 0.15) is 24.1 Å². The summed E-state index contributed by atoms with van der Waals surface area (Å²) in [6.07, 6.45) is 0. The average molecular weight is 309 g/mol. The van der Waals surface area contributed by atoms with E-state index >= 15 is 0 Å². The van der Waals surface area contributed by atoms with E-state index in [4.69, 9.17) is 11.6 Å². The van der Waals surface area contributed by atoms with Gasteiger partial charge in [0.2, 0.25) is 0 Å². The van der Waals surface area contributed by atoms with Crippen molar-refractivity contribution in [1.29, 1.82) is 0 Å². The summed E-state index contributed by atoms with van der Waals surface area (Å²) < 4.78 is 13.2. The number of hydrogen-bond donors (Lipinski definition) is 1. The van der Waals surface area contributed by atoms with E-state index in [0.717, 1.165) is 11.1 Å². The number of rotatable bonds is 5. The van der Waals surface area contributed by atoms with Crippen molar-refractivity contribution in [1.82, 2.24) is 5.32 Å². The Hall–Kier alpha value is -1.98. The second kappa shape index (κ2) is 6.65. The molecule has 0 amide bonds. The van der Waals surface area contributed by atoms with Crippen LogP contribution < -0.4 is 5.32 Å². The molecule has 0 aliphatic heterocycles. The van der Waals surface area contributed by atoms with Crippen molar-refractivity contribution in [3.63, 3.8) is 0 Å². The quantitative estimate of drug-likeness (QED) is 0.664. The number of nitro benzene ring substituents is 1. The van der Waals surface area contributed by atoms with E-state index in [1.165, 1.54) is 24.3 Å². The fourth-order valence-corrected chi connectivity index (χ4v) is 2.19. The van der Waals surface area contributed by atoms with Crippen LogP contribution in [-0.4, -0.2) is 4.92 Å². The van der Waals surface area contributed by atoms with E-state index in [2.05, 4.69) is 5.32 Å². The van der Waals surface area contributed by atoms with E-state index in [-0.39, 0.29) is 17.5 Å². The summed E-state index contributed by atoms with van der Waals surface area (Å²) in [5.74, 6) is -0.283. The maximum atomic E-state index is 13.2. The van der Waals surface area contributed by atoms with Crippen molar-refractivity contribution < 1.29 is 9.31 Å². The Labute approximate surface area is 126 Å². The molecule has 4 nitrogen and oxygen atoms in total. The lowest BCUT2D eigenvalue weighted by atomic mass is 10.1. The van der Waals surface area contributed by atoms with Crippen LogP contribution in [0.5, 0.6) is 0 Å². The summed E-state index contributed by atoms with van der Waals surface area (Å²) in [7, 11) is 0. The van der Waals surface area contributed by atoms with Crippen LogP contribution in [0.2, 0.25) is 5.02 Å². The van der Waals surface area contributed by atoms with E-state index in [0.29, 0.717) is 11.6 Å². The van der Waals surface area contributed by atoms with Gasteiger partial charge in [0.05, 0.1) is 9.95 Å². The molecular weight excluding hydrogens is 295 g/mol. The first-order chi connectivity index (χ1) is 9.97. The summed E-state index contributed by atoms with van der Waals surface area (Å²) in [5, 5.41) is 14.2. The number of nitrogens with one attached hydrogen (secondary N) is 1. The summed E-state index contributed by atoms with van der Waals surface area (Å²) in [5.41, 5.74) is 1.54. The van der Waals surface area contributed by atoms with Crippen LogP contribution in [0, 0.1) is 15.9 Å². The van der Waals surface area contributed by atoms with Crippen molar-refractivity contribution in [3.8, 4) is 0 Å². The molecule has 1 N–H and O–H groups in total. The van der Waals surface area contributed by atoms with Crippen molar-refractivity contribution in [2.75, 3.05) is 0 Å². The van der Waals surface area contributed by atoms with Crippen LogP contribution >= 0.6 is 11.6 Å². The molecule has 0 heterocycles. The number of nitrogens with zero attached hydrogens (tertiary/aromatic N) is 1. The first-order valence-electron chi connectivity index (χ1n) is 6.39. The van der Waals surface area contributed by atoms with Gasteiger partial charge in [0.25, 0.3) is 5.69 Å². The molecule has 0 radical (unpaired) electrons. The average Bonchev–Trinajstić information content (AvgIpc) is 2.45. The molecule has 0 unspecified atom stereocenters. The van der Waals surface area contributed by atoms with Gasteiger partial charge in [0, 0.05) is 24.7 Å². The van der Waals surface area contributed by atoms with E-state index < -0.39 is 4.92 Å². The maximum Gasteiger partial charge on any atom is 0.270 e. The van der Waals surface area contributed by atoms with Crippen LogP contribution in [0.4, 0.5) is 10.1 Å². The van der Waals surface area contributed by atoms with Crippen LogP contribution in [-0.2, 0) is 6.54 Å². The van der Waals surface area contributed by atoms with Crippen molar-refractivity contribution in [3.05, 3.63) is 74.5 Å². The third kappa shape index (κ3) is 4.00. The lowest BCUT2D eigenvalue weighted by molar-refractivity contribution is -0.384. The topological polar surface area (TPSA) is 55.2 Å². The van der Waals surface area contributed by atoms with Gasteiger partial charge in [0.1, 0.15) is 5.82 Å². The van der Waals surface area contributed by atoms with Crippen LogP contribution in [0.15, 0.2) is 42.5 Å². The molecule has 0 saturated heterocycles. The first kappa shape index (κ1) is 15.4. The van der Waals surface area contributed by atoms with Gasteiger partial charge in [0.15, 0.2) is 0 Å². The zero-order valence-electron chi connectivity index (χ0n) is 11.3. The molecule has 0 saturated carbocycles. The highest BCUT2D eigenvalue weighted by atomic mass is 35.5. The predicted octanol–water partition coefficient (Wildman–Crippen LogP) is 4.24. The fraction of sp³-hybridized carbons (Fsp3) is 0.200. The Balaban J connectivity index is 2.04. The number of halogens is 2. The first-order valence-corrected chi connectivity index (χ1v) is 6.77. The van der Waals surface area contributed by atoms with Gasteiger partial charge < -0.3 is 5.32 Å². The predicted molar refractivity (Wildman–Crippen MR) is 79.8 cm³/mol. The molecule has 0 bridgehead atoms. The molecule has 0 aliphatic rings. The van der Waals surface area contributed by atoms with Gasteiger partial charge >= 0.3 is 0 Å². The summed E-state index contributed by atoms with van der Waals surface area (Å²) in [6, 6.07) is 10.6. The minimum atomic E-state index is -0.488. The van der Waals surface area contributed by atoms with Gasteiger partial charge in [-0.25, -0.2) is 4.39 Å². The second-order valence-corrected chi connectivity index (χ2v) is 5.10. The van der Waals surface area contributed by atoms with E-state index in [9.17, 15) is 14.5 Å². The molecule has 2 aromatic carbocycles. The Morgan fingerprint density at radius 1 is 1.33 bits per heavy atom. The van der Waals surface area contributed by atoms with E-state index in [1.54, 1.807) is 12.1 Å². The zero-order valence-corrected chi connectivity index (χ0v) is 12.1. The Morgan fingerprint density at radius 2 is 2.10 bits per heavy atom. The molecule has 0 aromatic heterocycles. The molecule has 1 atom stereocenters. The summed E-state index contributed by atoms with van der Waals surface area (Å²) >= 11 is 6.02. The van der Waals surface area contributed by atoms with Crippen LogP contribution in [0.25, 0.3) is 0 Å². The minimum Gasteiger partial charge on any atom is -0.306 e. The Kier molecular flexibility index (Phi) is 4.88. The molecule has 0 aliphatic carbocycles. The third-order valence-corrected chi connectivity index (χ3v) is 3.55. The molecule has 21 heavy (non-hydrogen) atoms. The van der Waals surface area contributed by atoms with Gasteiger partial charge in [-0.1, -0.05) is 23.7 Å². The lowest BCUT2D eigenvalue weighted by Crippen LogP contribution is -2.18. The SMILES string of the molecule is C[C@H](NCc1ccc([N+](=O)[O-])cc1Cl)c1cccc(F)c1. The van der Waals surface area contributed by atoms with Gasteiger partial charge in [-0.05, 0) is 36.2 Å². The highest BCUT2D eigenvalue weighted by Gasteiger charge is 2.11. The van der Waals surface area contributed by atoms with Gasteiger partial charge in [-0.15, -0.1) is 0 Å². The van der Waals surface area contributed by atoms with Crippen molar-refractivity contribution in [2.24, 2.45) is 0 Å². The second-order valence-electron chi connectivity index (χ2n) is 4.69. The molecule has 110 valence electrons. The molecular formula is C15H14ClFN2O2. The summed E-state index contributed by atoms with van der Waals surface area (Å²) in [6.45, 7) is 2.35. The molecule has 0 spiro atoms. The molecule has 2 rings (SSSR count). The fourth-order valence-electron chi connectivity index (χ4n) is 1.95. The van der Waals surface area contributed by atoms with Crippen molar-refractivity contribution in [2.45, 2.75) is 19.5 Å². The lowest BCUT2D eigenvalue weighted by Gasteiger charge is -2.15. The smallest absolute Gasteiger partial charge is 0.270 e. The molecule has 2 aromatic rings. The number of nitro groups is 1. The number of non-ortho nitro benzene ring substituents is 1. The highest BCUT2D eigenvalue weighted by molar-refractivity contribution is 6.31.